The fraction of sp³-hybridized carbons (Fsp3) is 0.400. The molecule has 1 N–H and O–H groups in total. The Kier molecular flexibility index (Phi) is 5.98. The lowest BCUT2D eigenvalue weighted by molar-refractivity contribution is -0.142. The van der Waals surface area contributed by atoms with Gasteiger partial charge in [-0.3, -0.25) is 9.69 Å². The molecule has 1 fully saturated rings. The lowest BCUT2D eigenvalue weighted by Crippen LogP contribution is -2.37. The minimum atomic E-state index is -0.761. The third kappa shape index (κ3) is 4.22. The Hall–Kier alpha value is -1.63. The van der Waals surface area contributed by atoms with E-state index in [1.165, 1.54) is 0 Å². The summed E-state index contributed by atoms with van der Waals surface area (Å²) in [4.78, 5) is 17.4. The van der Waals surface area contributed by atoms with Crippen LogP contribution >= 0.6 is 24.0 Å². The second-order valence-corrected chi connectivity index (χ2v) is 5.74. The topological polar surface area (TPSA) is 79.5 Å². The van der Waals surface area contributed by atoms with Crippen molar-refractivity contribution in [3.8, 4) is 11.4 Å². The van der Waals surface area contributed by atoms with E-state index in [4.69, 9.17) is 21.2 Å². The first-order valence-electron chi connectivity index (χ1n) is 7.19. The first kappa shape index (κ1) is 17.7. The molecule has 2 aromatic rings. The Labute approximate surface area is 144 Å². The number of hydrogen-bond acceptors (Lipinski definition) is 5. The molecule has 1 aromatic heterocycles. The maximum absolute atomic E-state index is 11.1. The molecule has 1 saturated heterocycles. The van der Waals surface area contributed by atoms with Gasteiger partial charge in [0.15, 0.2) is 0 Å². The quantitative estimate of drug-likeness (QED) is 0.885. The van der Waals surface area contributed by atoms with Gasteiger partial charge in [-0.2, -0.15) is 4.98 Å². The van der Waals surface area contributed by atoms with Crippen molar-refractivity contribution in [2.24, 2.45) is 0 Å². The molecule has 1 atom stereocenters. The third-order valence-corrected chi connectivity index (χ3v) is 4.05. The molecule has 23 heavy (non-hydrogen) atoms. The number of aliphatic carboxylic acids is 1. The first-order chi connectivity index (χ1) is 10.6. The molecule has 1 aromatic carbocycles. The standard InChI is InChI=1S/C15H16ClN3O3.ClH/c16-11-4-1-3-10(9-11)14-17-13(22-18-14)6-8-19-7-2-5-12(19)15(20)21;/h1,3-4,9,12H,2,5-8H2,(H,20,21);1H/t12-;/m0./s1. The average molecular weight is 358 g/mol. The van der Waals surface area contributed by atoms with E-state index in [1.807, 2.05) is 17.0 Å². The molecule has 8 heteroatoms. The minimum Gasteiger partial charge on any atom is -0.480 e. The summed E-state index contributed by atoms with van der Waals surface area (Å²) in [5.74, 6) is 0.238. The van der Waals surface area contributed by atoms with Crippen molar-refractivity contribution in [1.82, 2.24) is 15.0 Å². The number of aromatic nitrogens is 2. The molecule has 0 bridgehead atoms. The Morgan fingerprint density at radius 1 is 1.48 bits per heavy atom. The second-order valence-electron chi connectivity index (χ2n) is 5.30. The molecule has 2 heterocycles. The normalized spacial score (nSPS) is 17.9. The van der Waals surface area contributed by atoms with Crippen molar-refractivity contribution < 1.29 is 14.4 Å². The molecule has 0 aliphatic carbocycles. The monoisotopic (exact) mass is 357 g/mol. The summed E-state index contributed by atoms with van der Waals surface area (Å²) in [6.07, 6.45) is 2.15. The number of carboxylic acids is 1. The predicted octanol–water partition coefficient (Wildman–Crippen LogP) is 2.90. The van der Waals surface area contributed by atoms with Gasteiger partial charge in [-0.05, 0) is 31.5 Å². The van der Waals surface area contributed by atoms with Gasteiger partial charge >= 0.3 is 5.97 Å². The van der Waals surface area contributed by atoms with Crippen LogP contribution < -0.4 is 0 Å². The van der Waals surface area contributed by atoms with Gasteiger partial charge in [-0.25, -0.2) is 0 Å². The molecule has 1 aliphatic heterocycles. The van der Waals surface area contributed by atoms with Crippen LogP contribution in [0, 0.1) is 0 Å². The summed E-state index contributed by atoms with van der Waals surface area (Å²) in [5, 5.41) is 13.7. The number of carboxylic acid groups (broad SMARTS) is 1. The van der Waals surface area contributed by atoms with Crippen molar-refractivity contribution in [2.45, 2.75) is 25.3 Å². The molecule has 3 rings (SSSR count). The Balaban J connectivity index is 0.00000192. The van der Waals surface area contributed by atoms with Crippen molar-refractivity contribution in [1.29, 1.82) is 0 Å². The highest BCUT2D eigenvalue weighted by atomic mass is 35.5. The molecule has 0 amide bonds. The highest BCUT2D eigenvalue weighted by molar-refractivity contribution is 6.30. The molecule has 6 nitrogen and oxygen atoms in total. The van der Waals surface area contributed by atoms with Crippen molar-refractivity contribution in [3.05, 3.63) is 35.2 Å². The van der Waals surface area contributed by atoms with Crippen molar-refractivity contribution >= 4 is 30.0 Å². The zero-order valence-electron chi connectivity index (χ0n) is 12.3. The van der Waals surface area contributed by atoms with Crippen LogP contribution in [-0.2, 0) is 11.2 Å². The van der Waals surface area contributed by atoms with Gasteiger partial charge in [-0.15, -0.1) is 12.4 Å². The fourth-order valence-electron chi connectivity index (χ4n) is 2.71. The van der Waals surface area contributed by atoms with E-state index in [2.05, 4.69) is 10.1 Å². The van der Waals surface area contributed by atoms with Gasteiger partial charge in [0.05, 0.1) is 0 Å². The van der Waals surface area contributed by atoms with Gasteiger partial charge < -0.3 is 9.63 Å². The number of likely N-dealkylation sites (tertiary alicyclic amines) is 1. The maximum atomic E-state index is 11.1. The van der Waals surface area contributed by atoms with E-state index in [9.17, 15) is 4.79 Å². The number of halogens is 2. The van der Waals surface area contributed by atoms with Gasteiger partial charge in [0.2, 0.25) is 11.7 Å². The lowest BCUT2D eigenvalue weighted by atomic mass is 10.2. The molecule has 0 unspecified atom stereocenters. The summed E-state index contributed by atoms with van der Waals surface area (Å²) in [7, 11) is 0. The average Bonchev–Trinajstić information content (AvgIpc) is 3.14. The Morgan fingerprint density at radius 2 is 2.30 bits per heavy atom. The number of carbonyl (C=O) groups is 1. The summed E-state index contributed by atoms with van der Waals surface area (Å²) in [5.41, 5.74) is 0.798. The van der Waals surface area contributed by atoms with Crippen LogP contribution in [0.5, 0.6) is 0 Å². The number of benzene rings is 1. The summed E-state index contributed by atoms with van der Waals surface area (Å²) < 4.78 is 5.24. The van der Waals surface area contributed by atoms with Crippen LogP contribution in [0.4, 0.5) is 0 Å². The highest BCUT2D eigenvalue weighted by Gasteiger charge is 2.30. The van der Waals surface area contributed by atoms with Gasteiger partial charge in [0.25, 0.3) is 0 Å². The molecule has 124 valence electrons. The summed E-state index contributed by atoms with van der Waals surface area (Å²) in [6, 6.07) is 6.86. The van der Waals surface area contributed by atoms with Gasteiger partial charge in [-0.1, -0.05) is 28.9 Å². The SMILES string of the molecule is Cl.O=C(O)[C@@H]1CCCN1CCc1nc(-c2cccc(Cl)c2)no1. The van der Waals surface area contributed by atoms with Crippen LogP contribution in [-0.4, -0.2) is 45.2 Å². The predicted molar refractivity (Wildman–Crippen MR) is 87.9 cm³/mol. The first-order valence-corrected chi connectivity index (χ1v) is 7.56. The lowest BCUT2D eigenvalue weighted by Gasteiger charge is -2.19. The van der Waals surface area contributed by atoms with Gasteiger partial charge in [0.1, 0.15) is 6.04 Å². The fourth-order valence-corrected chi connectivity index (χ4v) is 2.90. The van der Waals surface area contributed by atoms with E-state index in [-0.39, 0.29) is 12.4 Å². The van der Waals surface area contributed by atoms with Crippen LogP contribution in [0.15, 0.2) is 28.8 Å². The third-order valence-electron chi connectivity index (χ3n) is 3.81. The summed E-state index contributed by atoms with van der Waals surface area (Å²) >= 11 is 5.95. The van der Waals surface area contributed by atoms with Crippen LogP contribution in [0.25, 0.3) is 11.4 Å². The molecular weight excluding hydrogens is 341 g/mol. The number of rotatable bonds is 5. The second kappa shape index (κ2) is 7.77. The van der Waals surface area contributed by atoms with E-state index >= 15 is 0 Å². The van der Waals surface area contributed by atoms with E-state index in [1.54, 1.807) is 12.1 Å². The molecule has 1 aliphatic rings. The Morgan fingerprint density at radius 3 is 3.04 bits per heavy atom. The summed E-state index contributed by atoms with van der Waals surface area (Å²) in [6.45, 7) is 1.40. The number of hydrogen-bond donors (Lipinski definition) is 1. The smallest absolute Gasteiger partial charge is 0.320 e. The molecule has 0 radical (unpaired) electrons. The zero-order chi connectivity index (χ0) is 15.5. The molecule has 0 spiro atoms. The Bertz CT molecular complexity index is 677. The van der Waals surface area contributed by atoms with E-state index < -0.39 is 12.0 Å². The van der Waals surface area contributed by atoms with Crippen LogP contribution in [0.3, 0.4) is 0 Å². The largest absolute Gasteiger partial charge is 0.480 e. The van der Waals surface area contributed by atoms with E-state index in [0.717, 1.165) is 18.5 Å². The molecule has 0 saturated carbocycles. The van der Waals surface area contributed by atoms with Crippen LogP contribution in [0.1, 0.15) is 18.7 Å². The minimum absolute atomic E-state index is 0. The van der Waals surface area contributed by atoms with E-state index in [0.29, 0.717) is 36.1 Å². The maximum Gasteiger partial charge on any atom is 0.320 e. The number of nitrogens with zero attached hydrogens (tertiary/aromatic N) is 3. The van der Waals surface area contributed by atoms with Crippen molar-refractivity contribution in [3.63, 3.8) is 0 Å². The molecular formula is C15H17Cl2N3O3. The zero-order valence-corrected chi connectivity index (χ0v) is 13.9. The highest BCUT2D eigenvalue weighted by Crippen LogP contribution is 2.21. The van der Waals surface area contributed by atoms with Gasteiger partial charge in [0, 0.05) is 23.6 Å². The van der Waals surface area contributed by atoms with Crippen LogP contribution in [0.2, 0.25) is 5.02 Å². The van der Waals surface area contributed by atoms with Crippen molar-refractivity contribution in [2.75, 3.05) is 13.1 Å².